The predicted octanol–water partition coefficient (Wildman–Crippen LogP) is 3.60. The number of methoxy groups -OCH3 is 1. The molecule has 0 fully saturated rings. The second kappa shape index (κ2) is 8.31. The minimum Gasteiger partial charge on any atom is -0.508 e. The van der Waals surface area contributed by atoms with Crippen molar-refractivity contribution >= 4 is 29.2 Å². The smallest absolute Gasteiger partial charge is 0.303 e. The number of aliphatic carboxylic acids is 1. The number of hydrogen-bond acceptors (Lipinski definition) is 5. The fraction of sp³-hybridized carbons (Fsp3) is 0.250. The molecule has 1 aliphatic heterocycles. The van der Waals surface area contributed by atoms with Crippen molar-refractivity contribution in [3.8, 4) is 11.5 Å². The standard InChI is InChI=1S/C20H19ClN2O5/c1-28-18-10-14(24)6-7-15(18)17-11-16(12-2-4-13(21)5-3-12)22-23(17)19(25)8-9-20(26)27/h2-7,10,17,24H,8-9,11H2,1H3,(H,26,27). The number of carbonyl (C=O) groups is 2. The van der Waals surface area contributed by atoms with Crippen molar-refractivity contribution in [2.24, 2.45) is 5.10 Å². The van der Waals surface area contributed by atoms with Gasteiger partial charge in [0, 0.05) is 29.5 Å². The molecule has 0 saturated carbocycles. The molecule has 0 saturated heterocycles. The van der Waals surface area contributed by atoms with Gasteiger partial charge in [0.2, 0.25) is 5.91 Å². The molecule has 0 spiro atoms. The summed E-state index contributed by atoms with van der Waals surface area (Å²) < 4.78 is 5.36. The Balaban J connectivity index is 1.97. The molecular formula is C20H19ClN2O5. The quantitative estimate of drug-likeness (QED) is 0.769. The summed E-state index contributed by atoms with van der Waals surface area (Å²) in [7, 11) is 1.48. The first-order valence-corrected chi connectivity index (χ1v) is 9.01. The van der Waals surface area contributed by atoms with Gasteiger partial charge in [-0.25, -0.2) is 5.01 Å². The normalized spacial score (nSPS) is 16.0. The highest BCUT2D eigenvalue weighted by molar-refractivity contribution is 6.30. The second-order valence-electron chi connectivity index (χ2n) is 6.33. The Labute approximate surface area is 166 Å². The summed E-state index contributed by atoms with van der Waals surface area (Å²) >= 11 is 5.95. The Hall–Kier alpha value is -3.06. The number of ether oxygens (including phenoxy) is 1. The molecule has 28 heavy (non-hydrogen) atoms. The summed E-state index contributed by atoms with van der Waals surface area (Å²) in [5.41, 5.74) is 2.18. The first-order chi connectivity index (χ1) is 13.4. The van der Waals surface area contributed by atoms with Gasteiger partial charge in [-0.1, -0.05) is 23.7 Å². The van der Waals surface area contributed by atoms with Gasteiger partial charge in [0.1, 0.15) is 11.5 Å². The molecule has 1 unspecified atom stereocenters. The summed E-state index contributed by atoms with van der Waals surface area (Å²) in [4.78, 5) is 23.5. The first-order valence-electron chi connectivity index (χ1n) is 8.63. The molecule has 0 aromatic heterocycles. The first kappa shape index (κ1) is 19.7. The highest BCUT2D eigenvalue weighted by atomic mass is 35.5. The molecule has 7 nitrogen and oxygen atoms in total. The molecule has 2 aromatic rings. The van der Waals surface area contributed by atoms with E-state index in [2.05, 4.69) is 5.10 Å². The van der Waals surface area contributed by atoms with E-state index in [1.54, 1.807) is 18.2 Å². The summed E-state index contributed by atoms with van der Waals surface area (Å²) in [5.74, 6) is -0.977. The Morgan fingerprint density at radius 1 is 1.21 bits per heavy atom. The van der Waals surface area contributed by atoms with Crippen molar-refractivity contribution in [2.45, 2.75) is 25.3 Å². The molecule has 1 aliphatic rings. The highest BCUT2D eigenvalue weighted by Gasteiger charge is 2.34. The van der Waals surface area contributed by atoms with Crippen LogP contribution in [-0.2, 0) is 9.59 Å². The zero-order valence-corrected chi connectivity index (χ0v) is 15.9. The van der Waals surface area contributed by atoms with Crippen LogP contribution in [0.25, 0.3) is 0 Å². The van der Waals surface area contributed by atoms with E-state index in [0.717, 1.165) is 5.56 Å². The third-order valence-corrected chi connectivity index (χ3v) is 4.72. The number of rotatable bonds is 6. The van der Waals surface area contributed by atoms with Crippen LogP contribution in [-0.4, -0.2) is 39.9 Å². The van der Waals surface area contributed by atoms with Crippen LogP contribution in [0.3, 0.4) is 0 Å². The molecule has 0 radical (unpaired) electrons. The van der Waals surface area contributed by atoms with E-state index in [-0.39, 0.29) is 18.6 Å². The molecule has 8 heteroatoms. The number of halogens is 1. The molecule has 1 amide bonds. The number of carboxylic acid groups (broad SMARTS) is 1. The fourth-order valence-corrected chi connectivity index (χ4v) is 3.23. The van der Waals surface area contributed by atoms with Gasteiger partial charge in [-0.15, -0.1) is 0 Å². The molecular weight excluding hydrogens is 384 g/mol. The number of carbonyl (C=O) groups excluding carboxylic acids is 1. The highest BCUT2D eigenvalue weighted by Crippen LogP contribution is 2.39. The summed E-state index contributed by atoms with van der Waals surface area (Å²) in [6, 6.07) is 11.3. The van der Waals surface area contributed by atoms with Gasteiger partial charge in [0.25, 0.3) is 0 Å². The topological polar surface area (TPSA) is 99.4 Å². The van der Waals surface area contributed by atoms with Crippen LogP contribution in [0, 0.1) is 0 Å². The van der Waals surface area contributed by atoms with E-state index in [4.69, 9.17) is 21.4 Å². The minimum atomic E-state index is -1.05. The lowest BCUT2D eigenvalue weighted by Crippen LogP contribution is -2.27. The van der Waals surface area contributed by atoms with Crippen molar-refractivity contribution in [3.05, 3.63) is 58.6 Å². The van der Waals surface area contributed by atoms with Crippen molar-refractivity contribution in [3.63, 3.8) is 0 Å². The van der Waals surface area contributed by atoms with Crippen LogP contribution in [0.1, 0.15) is 36.4 Å². The number of amides is 1. The average molecular weight is 403 g/mol. The molecule has 0 aliphatic carbocycles. The Bertz CT molecular complexity index is 927. The summed E-state index contributed by atoms with van der Waals surface area (Å²) in [6.07, 6.45) is -0.0221. The monoisotopic (exact) mass is 402 g/mol. The number of aromatic hydroxyl groups is 1. The predicted molar refractivity (Wildman–Crippen MR) is 104 cm³/mol. The third kappa shape index (κ3) is 4.26. The van der Waals surface area contributed by atoms with Gasteiger partial charge in [0.15, 0.2) is 0 Å². The van der Waals surface area contributed by atoms with Crippen LogP contribution in [0.5, 0.6) is 11.5 Å². The average Bonchev–Trinajstić information content (AvgIpc) is 3.11. The van der Waals surface area contributed by atoms with Crippen LogP contribution >= 0.6 is 11.6 Å². The van der Waals surface area contributed by atoms with Gasteiger partial charge in [0.05, 0.1) is 25.3 Å². The number of nitrogens with zero attached hydrogens (tertiary/aromatic N) is 2. The minimum absolute atomic E-state index is 0.0428. The van der Waals surface area contributed by atoms with Gasteiger partial charge < -0.3 is 14.9 Å². The van der Waals surface area contributed by atoms with E-state index < -0.39 is 17.9 Å². The van der Waals surface area contributed by atoms with E-state index in [9.17, 15) is 14.7 Å². The number of carboxylic acids is 1. The number of benzene rings is 2. The Morgan fingerprint density at radius 3 is 2.57 bits per heavy atom. The van der Waals surface area contributed by atoms with Gasteiger partial charge in [-0.2, -0.15) is 5.10 Å². The van der Waals surface area contributed by atoms with Crippen molar-refractivity contribution < 1.29 is 24.5 Å². The Kier molecular flexibility index (Phi) is 5.84. The molecule has 1 atom stereocenters. The maximum atomic E-state index is 12.7. The van der Waals surface area contributed by atoms with Crippen LogP contribution in [0.2, 0.25) is 5.02 Å². The number of phenols is 1. The lowest BCUT2D eigenvalue weighted by atomic mass is 9.97. The summed E-state index contributed by atoms with van der Waals surface area (Å²) in [6.45, 7) is 0. The second-order valence-corrected chi connectivity index (χ2v) is 6.77. The number of hydrogen-bond donors (Lipinski definition) is 2. The molecule has 1 heterocycles. The van der Waals surface area contributed by atoms with E-state index in [1.807, 2.05) is 12.1 Å². The molecule has 2 aromatic carbocycles. The number of hydrazone groups is 1. The van der Waals surface area contributed by atoms with Crippen LogP contribution in [0.15, 0.2) is 47.6 Å². The fourth-order valence-electron chi connectivity index (χ4n) is 3.10. The largest absolute Gasteiger partial charge is 0.508 e. The van der Waals surface area contributed by atoms with Crippen molar-refractivity contribution in [1.82, 2.24) is 5.01 Å². The van der Waals surface area contributed by atoms with Crippen molar-refractivity contribution in [2.75, 3.05) is 7.11 Å². The van der Waals surface area contributed by atoms with Crippen LogP contribution in [0.4, 0.5) is 0 Å². The zero-order chi connectivity index (χ0) is 20.3. The van der Waals surface area contributed by atoms with Gasteiger partial charge in [-0.3, -0.25) is 9.59 Å². The molecule has 0 bridgehead atoms. The molecule has 146 valence electrons. The van der Waals surface area contributed by atoms with Crippen molar-refractivity contribution in [1.29, 1.82) is 0 Å². The molecule has 2 N–H and O–H groups in total. The SMILES string of the molecule is COc1cc(O)ccc1C1CC(c2ccc(Cl)cc2)=NN1C(=O)CCC(=O)O. The zero-order valence-electron chi connectivity index (χ0n) is 15.1. The lowest BCUT2D eigenvalue weighted by Gasteiger charge is -2.23. The Morgan fingerprint density at radius 2 is 1.93 bits per heavy atom. The lowest BCUT2D eigenvalue weighted by molar-refractivity contribution is -0.141. The maximum Gasteiger partial charge on any atom is 0.303 e. The third-order valence-electron chi connectivity index (χ3n) is 4.47. The maximum absolute atomic E-state index is 12.7. The van der Waals surface area contributed by atoms with Gasteiger partial charge >= 0.3 is 5.97 Å². The summed E-state index contributed by atoms with van der Waals surface area (Å²) in [5, 5.41) is 25.0. The van der Waals surface area contributed by atoms with Gasteiger partial charge in [-0.05, 0) is 29.8 Å². The molecule has 3 rings (SSSR count). The number of phenolic OH excluding ortho intramolecular Hbond substituents is 1. The van der Waals surface area contributed by atoms with E-state index >= 15 is 0 Å². The van der Waals surface area contributed by atoms with Crippen LogP contribution < -0.4 is 4.74 Å². The van der Waals surface area contributed by atoms with E-state index in [0.29, 0.717) is 28.5 Å². The van der Waals surface area contributed by atoms with E-state index in [1.165, 1.54) is 24.3 Å².